The number of benzene rings is 1. The predicted octanol–water partition coefficient (Wildman–Crippen LogP) is 2.65. The molecule has 1 heterocycles. The molecule has 94 valence electrons. The lowest BCUT2D eigenvalue weighted by molar-refractivity contribution is 0.177. The van der Waals surface area contributed by atoms with Crippen molar-refractivity contribution in [3.63, 3.8) is 0 Å². The highest BCUT2D eigenvalue weighted by Gasteiger charge is 2.26. The third-order valence-corrected chi connectivity index (χ3v) is 3.16. The molecular formula is C13H17F2NO. The molecule has 1 N–H and O–H groups in total. The zero-order valence-corrected chi connectivity index (χ0v) is 9.88. The van der Waals surface area contributed by atoms with Gasteiger partial charge in [-0.1, -0.05) is 13.0 Å². The highest BCUT2D eigenvalue weighted by atomic mass is 19.2. The lowest BCUT2D eigenvalue weighted by Gasteiger charge is -2.23. The van der Waals surface area contributed by atoms with Crippen LogP contribution >= 0.6 is 0 Å². The van der Waals surface area contributed by atoms with E-state index in [1.807, 2.05) is 6.92 Å². The highest BCUT2D eigenvalue weighted by Crippen LogP contribution is 2.29. The van der Waals surface area contributed by atoms with E-state index in [1.54, 1.807) is 6.07 Å². The number of halogens is 2. The smallest absolute Gasteiger partial charge is 0.159 e. The van der Waals surface area contributed by atoms with Crippen molar-refractivity contribution in [1.82, 2.24) is 5.32 Å². The van der Waals surface area contributed by atoms with Gasteiger partial charge in [0, 0.05) is 18.6 Å². The molecule has 1 saturated heterocycles. The van der Waals surface area contributed by atoms with Crippen LogP contribution in [0.1, 0.15) is 24.9 Å². The Kier molecular flexibility index (Phi) is 4.07. The van der Waals surface area contributed by atoms with E-state index in [-0.39, 0.29) is 6.04 Å². The molecule has 1 fully saturated rings. The van der Waals surface area contributed by atoms with E-state index in [1.165, 1.54) is 12.1 Å². The summed E-state index contributed by atoms with van der Waals surface area (Å²) < 4.78 is 31.5. The summed E-state index contributed by atoms with van der Waals surface area (Å²) in [5, 5.41) is 3.32. The largest absolute Gasteiger partial charge is 0.381 e. The molecule has 0 radical (unpaired) electrons. The van der Waals surface area contributed by atoms with Crippen LogP contribution in [0.25, 0.3) is 0 Å². The van der Waals surface area contributed by atoms with Crippen LogP contribution in [-0.2, 0) is 4.74 Å². The Bertz CT molecular complexity index is 378. The average Bonchev–Trinajstić information content (AvgIpc) is 2.83. The van der Waals surface area contributed by atoms with Crippen molar-refractivity contribution in [2.45, 2.75) is 19.4 Å². The molecule has 2 nitrogen and oxygen atoms in total. The third-order valence-electron chi connectivity index (χ3n) is 3.16. The standard InChI is InChI=1S/C13H17F2NO/c1-2-16-13(10-5-6-17-8-10)9-3-4-11(14)12(15)7-9/h3-4,7,10,13,16H,2,5-6,8H2,1H3. The van der Waals surface area contributed by atoms with E-state index in [0.717, 1.165) is 25.1 Å². The lowest BCUT2D eigenvalue weighted by atomic mass is 9.92. The summed E-state index contributed by atoms with van der Waals surface area (Å²) in [5.41, 5.74) is 0.793. The molecule has 0 bridgehead atoms. The van der Waals surface area contributed by atoms with Crippen LogP contribution in [0.5, 0.6) is 0 Å². The quantitative estimate of drug-likeness (QED) is 0.875. The van der Waals surface area contributed by atoms with E-state index in [4.69, 9.17) is 4.74 Å². The van der Waals surface area contributed by atoms with Gasteiger partial charge in [0.05, 0.1) is 6.61 Å². The molecule has 0 aliphatic carbocycles. The zero-order valence-electron chi connectivity index (χ0n) is 9.88. The number of nitrogens with one attached hydrogen (secondary N) is 1. The Morgan fingerprint density at radius 1 is 1.41 bits per heavy atom. The van der Waals surface area contributed by atoms with E-state index < -0.39 is 11.6 Å². The molecule has 0 amide bonds. The van der Waals surface area contributed by atoms with Crippen LogP contribution in [0.4, 0.5) is 8.78 Å². The van der Waals surface area contributed by atoms with Crippen molar-refractivity contribution < 1.29 is 13.5 Å². The van der Waals surface area contributed by atoms with Crippen molar-refractivity contribution in [1.29, 1.82) is 0 Å². The fraction of sp³-hybridized carbons (Fsp3) is 0.538. The van der Waals surface area contributed by atoms with Crippen LogP contribution in [0, 0.1) is 17.6 Å². The molecule has 17 heavy (non-hydrogen) atoms. The van der Waals surface area contributed by atoms with Crippen molar-refractivity contribution in [3.8, 4) is 0 Å². The van der Waals surface area contributed by atoms with Gasteiger partial charge in [0.2, 0.25) is 0 Å². The summed E-state index contributed by atoms with van der Waals surface area (Å²) in [6.07, 6.45) is 0.955. The minimum absolute atomic E-state index is 0.0394. The molecule has 4 heteroatoms. The van der Waals surface area contributed by atoms with E-state index in [9.17, 15) is 8.78 Å². The summed E-state index contributed by atoms with van der Waals surface area (Å²) in [5.74, 6) is -1.25. The molecule has 1 aromatic carbocycles. The summed E-state index contributed by atoms with van der Waals surface area (Å²) in [6.45, 7) is 4.22. The van der Waals surface area contributed by atoms with Gasteiger partial charge in [-0.2, -0.15) is 0 Å². The Morgan fingerprint density at radius 2 is 2.24 bits per heavy atom. The molecule has 2 unspecified atom stereocenters. The normalized spacial score (nSPS) is 21.7. The Balaban J connectivity index is 2.21. The molecule has 2 rings (SSSR count). The van der Waals surface area contributed by atoms with E-state index >= 15 is 0 Å². The molecule has 1 aliphatic heterocycles. The first-order valence-electron chi connectivity index (χ1n) is 5.98. The first-order valence-corrected chi connectivity index (χ1v) is 5.98. The first kappa shape index (κ1) is 12.5. The van der Waals surface area contributed by atoms with Gasteiger partial charge < -0.3 is 10.1 Å². The van der Waals surface area contributed by atoms with Gasteiger partial charge in [0.1, 0.15) is 0 Å². The maximum Gasteiger partial charge on any atom is 0.159 e. The summed E-state index contributed by atoms with van der Waals surface area (Å²) in [7, 11) is 0. The zero-order chi connectivity index (χ0) is 12.3. The SMILES string of the molecule is CCNC(c1ccc(F)c(F)c1)C1CCOC1. The van der Waals surface area contributed by atoms with Gasteiger partial charge in [-0.05, 0) is 30.7 Å². The van der Waals surface area contributed by atoms with Crippen molar-refractivity contribution >= 4 is 0 Å². The molecule has 0 saturated carbocycles. The van der Waals surface area contributed by atoms with Crippen molar-refractivity contribution in [3.05, 3.63) is 35.4 Å². The van der Waals surface area contributed by atoms with E-state index in [0.29, 0.717) is 12.5 Å². The molecule has 0 aromatic heterocycles. The topological polar surface area (TPSA) is 21.3 Å². The van der Waals surface area contributed by atoms with Gasteiger partial charge >= 0.3 is 0 Å². The molecule has 0 spiro atoms. The lowest BCUT2D eigenvalue weighted by Crippen LogP contribution is -2.28. The number of hydrogen-bond donors (Lipinski definition) is 1. The van der Waals surface area contributed by atoms with Crippen LogP contribution < -0.4 is 5.32 Å². The van der Waals surface area contributed by atoms with E-state index in [2.05, 4.69) is 5.32 Å². The van der Waals surface area contributed by atoms with Crippen molar-refractivity contribution in [2.75, 3.05) is 19.8 Å². The maximum absolute atomic E-state index is 13.2. The minimum Gasteiger partial charge on any atom is -0.381 e. The van der Waals surface area contributed by atoms with Crippen molar-refractivity contribution in [2.24, 2.45) is 5.92 Å². The summed E-state index contributed by atoms with van der Waals surface area (Å²) in [4.78, 5) is 0. The maximum atomic E-state index is 13.2. The second-order valence-corrected chi connectivity index (χ2v) is 4.33. The third kappa shape index (κ3) is 2.82. The Hall–Kier alpha value is -1.00. The molecule has 2 atom stereocenters. The van der Waals surface area contributed by atoms with Crippen LogP contribution in [0.2, 0.25) is 0 Å². The van der Waals surface area contributed by atoms with Gasteiger partial charge in [0.15, 0.2) is 11.6 Å². The van der Waals surface area contributed by atoms with Gasteiger partial charge in [-0.3, -0.25) is 0 Å². The fourth-order valence-electron chi connectivity index (χ4n) is 2.30. The second-order valence-electron chi connectivity index (χ2n) is 4.33. The minimum atomic E-state index is -0.799. The van der Waals surface area contributed by atoms with Gasteiger partial charge in [-0.15, -0.1) is 0 Å². The second kappa shape index (κ2) is 5.56. The first-order chi connectivity index (χ1) is 8.22. The number of rotatable bonds is 4. The molecule has 1 aromatic rings. The molecule has 1 aliphatic rings. The highest BCUT2D eigenvalue weighted by molar-refractivity contribution is 5.22. The molecular weight excluding hydrogens is 224 g/mol. The van der Waals surface area contributed by atoms with Crippen LogP contribution in [0.15, 0.2) is 18.2 Å². The van der Waals surface area contributed by atoms with Gasteiger partial charge in [0.25, 0.3) is 0 Å². The summed E-state index contributed by atoms with van der Waals surface area (Å²) in [6, 6.07) is 4.15. The Morgan fingerprint density at radius 3 is 2.82 bits per heavy atom. The average molecular weight is 241 g/mol. The number of ether oxygens (including phenoxy) is 1. The monoisotopic (exact) mass is 241 g/mol. The van der Waals surface area contributed by atoms with Gasteiger partial charge in [-0.25, -0.2) is 8.78 Å². The summed E-state index contributed by atoms with van der Waals surface area (Å²) >= 11 is 0. The fourth-order valence-corrected chi connectivity index (χ4v) is 2.30. The number of hydrogen-bond acceptors (Lipinski definition) is 2. The van der Waals surface area contributed by atoms with Crippen LogP contribution in [-0.4, -0.2) is 19.8 Å². The predicted molar refractivity (Wildman–Crippen MR) is 61.7 cm³/mol. The van der Waals surface area contributed by atoms with Crippen LogP contribution in [0.3, 0.4) is 0 Å². The Labute approximate surface area is 100.0 Å².